The van der Waals surface area contributed by atoms with Crippen LogP contribution in [0.3, 0.4) is 0 Å². The molecule has 1 rings (SSSR count). The van der Waals surface area contributed by atoms with Gasteiger partial charge in [-0.1, -0.05) is 6.08 Å². The molecule has 3 N–H and O–H groups in total. The van der Waals surface area contributed by atoms with Crippen LogP contribution < -0.4 is 5.32 Å². The smallest absolute Gasteiger partial charge is 0.326 e. The van der Waals surface area contributed by atoms with Crippen molar-refractivity contribution in [3.8, 4) is 0 Å². The van der Waals surface area contributed by atoms with Gasteiger partial charge in [0.15, 0.2) is 0 Å². The molecule has 0 aliphatic carbocycles. The van der Waals surface area contributed by atoms with Crippen LogP contribution in [0.4, 0.5) is 0 Å². The van der Waals surface area contributed by atoms with E-state index in [1.807, 2.05) is 0 Å². The van der Waals surface area contributed by atoms with Crippen molar-refractivity contribution in [2.75, 3.05) is 0 Å². The van der Waals surface area contributed by atoms with Crippen LogP contribution in [0.1, 0.15) is 28.8 Å². The van der Waals surface area contributed by atoms with Crippen LogP contribution in [0, 0.1) is 6.92 Å². The highest BCUT2D eigenvalue weighted by atomic mass is 16.4. The number of aromatic amines is 1. The van der Waals surface area contributed by atoms with Crippen LogP contribution in [-0.2, 0) is 4.79 Å². The maximum Gasteiger partial charge on any atom is 0.326 e. The fourth-order valence-electron chi connectivity index (χ4n) is 1.46. The topological polar surface area (TPSA) is 82.2 Å². The zero-order chi connectivity index (χ0) is 12.8. The van der Waals surface area contributed by atoms with Gasteiger partial charge in [-0.25, -0.2) is 4.79 Å². The Bertz CT molecular complexity index is 423. The number of amides is 1. The molecule has 0 saturated heterocycles. The van der Waals surface area contributed by atoms with Gasteiger partial charge < -0.3 is 15.4 Å². The number of carbonyl (C=O) groups is 2. The highest BCUT2D eigenvalue weighted by Gasteiger charge is 2.20. The third kappa shape index (κ3) is 3.48. The zero-order valence-electron chi connectivity index (χ0n) is 9.69. The molecule has 0 fully saturated rings. The first-order valence-corrected chi connectivity index (χ1v) is 5.34. The lowest BCUT2D eigenvalue weighted by Crippen LogP contribution is -2.40. The minimum atomic E-state index is -1.03. The van der Waals surface area contributed by atoms with Gasteiger partial charge >= 0.3 is 5.97 Å². The fraction of sp³-hybridized carbons (Fsp3) is 0.333. The van der Waals surface area contributed by atoms with Crippen LogP contribution in [-0.4, -0.2) is 28.0 Å². The van der Waals surface area contributed by atoms with E-state index in [1.165, 1.54) is 0 Å². The van der Waals surface area contributed by atoms with Crippen molar-refractivity contribution in [1.82, 2.24) is 10.3 Å². The van der Waals surface area contributed by atoms with Gasteiger partial charge in [0.1, 0.15) is 6.04 Å². The molecule has 0 aliphatic rings. The molecular formula is C12H16N2O3. The van der Waals surface area contributed by atoms with Gasteiger partial charge in [0.2, 0.25) is 0 Å². The Morgan fingerprint density at radius 1 is 1.59 bits per heavy atom. The normalized spacial score (nSPS) is 11.8. The molecule has 0 radical (unpaired) electrons. The molecular weight excluding hydrogens is 220 g/mol. The molecule has 1 aromatic rings. The molecule has 0 bridgehead atoms. The summed E-state index contributed by atoms with van der Waals surface area (Å²) >= 11 is 0. The van der Waals surface area contributed by atoms with Gasteiger partial charge in [0.05, 0.1) is 5.56 Å². The average Bonchev–Trinajstić information content (AvgIpc) is 2.70. The predicted molar refractivity (Wildman–Crippen MR) is 63.9 cm³/mol. The first-order chi connectivity index (χ1) is 8.06. The number of allylic oxidation sites excluding steroid dienone is 1. The molecule has 1 atom stereocenters. The Balaban J connectivity index is 2.67. The Hall–Kier alpha value is -2.04. The summed E-state index contributed by atoms with van der Waals surface area (Å²) in [6.45, 7) is 5.31. The third-order valence-corrected chi connectivity index (χ3v) is 2.46. The van der Waals surface area contributed by atoms with Gasteiger partial charge in [0, 0.05) is 12.4 Å². The van der Waals surface area contributed by atoms with E-state index in [2.05, 4.69) is 16.9 Å². The average molecular weight is 236 g/mol. The highest BCUT2D eigenvalue weighted by molar-refractivity contribution is 5.97. The lowest BCUT2D eigenvalue weighted by atomic mass is 10.1. The zero-order valence-corrected chi connectivity index (χ0v) is 9.69. The summed E-state index contributed by atoms with van der Waals surface area (Å²) < 4.78 is 0. The standard InChI is InChI=1S/C12H16N2O3/c1-3-4-5-10(12(16)17)14-11(15)9-7-13-6-8(9)2/h3,6-7,10,13H,1,4-5H2,2H3,(H,14,15)(H,16,17). The summed E-state index contributed by atoms with van der Waals surface area (Å²) in [7, 11) is 0. The summed E-state index contributed by atoms with van der Waals surface area (Å²) in [5, 5.41) is 11.4. The van der Waals surface area contributed by atoms with Crippen molar-refractivity contribution in [1.29, 1.82) is 0 Å². The minimum absolute atomic E-state index is 0.341. The van der Waals surface area contributed by atoms with Crippen molar-refractivity contribution >= 4 is 11.9 Å². The fourth-order valence-corrected chi connectivity index (χ4v) is 1.46. The van der Waals surface area contributed by atoms with Gasteiger partial charge in [-0.2, -0.15) is 0 Å². The molecule has 0 aromatic carbocycles. The molecule has 17 heavy (non-hydrogen) atoms. The first-order valence-electron chi connectivity index (χ1n) is 5.34. The molecule has 0 spiro atoms. The quantitative estimate of drug-likeness (QED) is 0.654. The number of carboxylic acids is 1. The van der Waals surface area contributed by atoms with Crippen LogP contribution in [0.15, 0.2) is 25.0 Å². The molecule has 5 heteroatoms. The third-order valence-electron chi connectivity index (χ3n) is 2.46. The molecule has 1 heterocycles. The van der Waals surface area contributed by atoms with E-state index < -0.39 is 12.0 Å². The van der Waals surface area contributed by atoms with Gasteiger partial charge in [0.25, 0.3) is 5.91 Å². The van der Waals surface area contributed by atoms with Crippen LogP contribution >= 0.6 is 0 Å². The Morgan fingerprint density at radius 2 is 2.29 bits per heavy atom. The van der Waals surface area contributed by atoms with E-state index in [0.29, 0.717) is 18.4 Å². The SMILES string of the molecule is C=CCCC(NC(=O)c1c[nH]cc1C)C(=O)O. The molecule has 0 aliphatic heterocycles. The van der Waals surface area contributed by atoms with E-state index in [0.717, 1.165) is 5.56 Å². The molecule has 1 amide bonds. The second-order valence-electron chi connectivity index (χ2n) is 3.78. The molecule has 92 valence electrons. The van der Waals surface area contributed by atoms with Crippen molar-refractivity contribution in [2.24, 2.45) is 0 Å². The number of rotatable bonds is 6. The number of aryl methyl sites for hydroxylation is 1. The van der Waals surface area contributed by atoms with E-state index >= 15 is 0 Å². The number of aromatic nitrogens is 1. The number of hydrogen-bond donors (Lipinski definition) is 3. The summed E-state index contributed by atoms with van der Waals surface area (Å²) in [4.78, 5) is 25.5. The monoisotopic (exact) mass is 236 g/mol. The van der Waals surface area contributed by atoms with Crippen LogP contribution in [0.25, 0.3) is 0 Å². The number of carbonyl (C=O) groups excluding carboxylic acids is 1. The van der Waals surface area contributed by atoms with E-state index in [-0.39, 0.29) is 5.91 Å². The highest BCUT2D eigenvalue weighted by Crippen LogP contribution is 2.07. The maximum absolute atomic E-state index is 11.8. The Labute approximate surface area is 99.5 Å². The van der Waals surface area contributed by atoms with E-state index in [9.17, 15) is 9.59 Å². The largest absolute Gasteiger partial charge is 0.480 e. The number of aliphatic carboxylic acids is 1. The maximum atomic E-state index is 11.8. The molecule has 1 unspecified atom stereocenters. The number of H-pyrrole nitrogens is 1. The van der Waals surface area contributed by atoms with Gasteiger partial charge in [-0.05, 0) is 25.3 Å². The first kappa shape index (κ1) is 13.0. The van der Waals surface area contributed by atoms with Crippen LogP contribution in [0.2, 0.25) is 0 Å². The predicted octanol–water partition coefficient (Wildman–Crippen LogP) is 1.47. The van der Waals surface area contributed by atoms with Crippen molar-refractivity contribution in [2.45, 2.75) is 25.8 Å². The molecule has 0 saturated carbocycles. The molecule has 5 nitrogen and oxygen atoms in total. The van der Waals surface area contributed by atoms with Crippen molar-refractivity contribution < 1.29 is 14.7 Å². The Kier molecular flexibility index (Phi) is 4.51. The number of hydrogen-bond acceptors (Lipinski definition) is 2. The minimum Gasteiger partial charge on any atom is -0.480 e. The van der Waals surface area contributed by atoms with Crippen LogP contribution in [0.5, 0.6) is 0 Å². The lowest BCUT2D eigenvalue weighted by Gasteiger charge is -2.13. The summed E-state index contributed by atoms with van der Waals surface area (Å²) in [6.07, 6.45) is 5.76. The second-order valence-corrected chi connectivity index (χ2v) is 3.78. The summed E-state index contributed by atoms with van der Waals surface area (Å²) in [6, 6.07) is -0.880. The van der Waals surface area contributed by atoms with Gasteiger partial charge in [-0.15, -0.1) is 6.58 Å². The van der Waals surface area contributed by atoms with Gasteiger partial charge in [-0.3, -0.25) is 4.79 Å². The lowest BCUT2D eigenvalue weighted by molar-refractivity contribution is -0.139. The number of nitrogens with one attached hydrogen (secondary N) is 2. The summed E-state index contributed by atoms with van der Waals surface area (Å²) in [5.74, 6) is -1.41. The van der Waals surface area contributed by atoms with Crippen molar-refractivity contribution in [3.05, 3.63) is 36.2 Å². The number of carboxylic acid groups (broad SMARTS) is 1. The Morgan fingerprint density at radius 3 is 2.76 bits per heavy atom. The van der Waals surface area contributed by atoms with Crippen molar-refractivity contribution in [3.63, 3.8) is 0 Å². The second kappa shape index (κ2) is 5.89. The van der Waals surface area contributed by atoms with E-state index in [1.54, 1.807) is 25.4 Å². The van der Waals surface area contributed by atoms with E-state index in [4.69, 9.17) is 5.11 Å². The summed E-state index contributed by atoms with van der Waals surface area (Å²) in [5.41, 5.74) is 1.25. The molecule has 1 aromatic heterocycles.